The number of carbonyl (C=O) groups is 1. The highest BCUT2D eigenvalue weighted by molar-refractivity contribution is 5.70. The predicted octanol–water partition coefficient (Wildman–Crippen LogP) is 1.56. The topological polar surface area (TPSA) is 110 Å². The predicted molar refractivity (Wildman–Crippen MR) is 71.6 cm³/mol. The summed E-state index contributed by atoms with van der Waals surface area (Å²) >= 11 is 0. The average Bonchev–Trinajstić information content (AvgIpc) is 2.95. The molecule has 2 unspecified atom stereocenters. The van der Waals surface area contributed by atoms with E-state index in [1.165, 1.54) is 4.68 Å². The van der Waals surface area contributed by atoms with E-state index < -0.39 is 10.9 Å². The van der Waals surface area contributed by atoms with E-state index in [1.807, 2.05) is 6.92 Å². The molecule has 20 heavy (non-hydrogen) atoms. The molecule has 1 fully saturated rings. The first-order chi connectivity index (χ1) is 9.43. The van der Waals surface area contributed by atoms with Crippen LogP contribution in [0.1, 0.15) is 31.9 Å². The number of carboxylic acids is 1. The number of nitro groups is 1. The zero-order valence-corrected chi connectivity index (χ0v) is 11.5. The Bertz CT molecular complexity index is 540. The van der Waals surface area contributed by atoms with Crippen LogP contribution in [0.4, 0.5) is 11.5 Å². The molecule has 0 amide bonds. The monoisotopic (exact) mass is 282 g/mol. The number of hydrogen-bond acceptors (Lipinski definition) is 5. The number of aromatic nitrogens is 2. The van der Waals surface area contributed by atoms with Gasteiger partial charge in [0.2, 0.25) is 5.82 Å². The Hall–Kier alpha value is -2.12. The normalized spacial score (nSPS) is 21.9. The highest BCUT2D eigenvalue weighted by atomic mass is 16.6. The number of nitrogens with zero attached hydrogens (tertiary/aromatic N) is 3. The van der Waals surface area contributed by atoms with Crippen molar-refractivity contribution in [3.05, 3.63) is 15.8 Å². The standard InChI is InChI=1S/C12H18N4O4/c1-3-9-10(16(19)20)11(15(2)14-9)13-8-5-4-7(6-8)12(17)18/h7-8,13H,3-6H2,1-2H3,(H,17,18). The van der Waals surface area contributed by atoms with Gasteiger partial charge in [-0.1, -0.05) is 6.92 Å². The Morgan fingerprint density at radius 1 is 1.60 bits per heavy atom. The summed E-state index contributed by atoms with van der Waals surface area (Å²) in [4.78, 5) is 21.7. The third kappa shape index (κ3) is 2.59. The first-order valence-electron chi connectivity index (χ1n) is 6.63. The van der Waals surface area contributed by atoms with Crippen molar-refractivity contribution in [2.75, 3.05) is 5.32 Å². The van der Waals surface area contributed by atoms with E-state index in [-0.39, 0.29) is 17.6 Å². The third-order valence-corrected chi connectivity index (χ3v) is 3.73. The Labute approximate surface area is 115 Å². The lowest BCUT2D eigenvalue weighted by Crippen LogP contribution is -2.20. The SMILES string of the molecule is CCc1nn(C)c(NC2CCC(C(=O)O)C2)c1[N+](=O)[O-]. The van der Waals surface area contributed by atoms with E-state index in [4.69, 9.17) is 5.11 Å². The molecule has 2 N–H and O–H groups in total. The van der Waals surface area contributed by atoms with Gasteiger partial charge in [-0.25, -0.2) is 4.68 Å². The van der Waals surface area contributed by atoms with Crippen LogP contribution < -0.4 is 5.32 Å². The Morgan fingerprint density at radius 3 is 2.80 bits per heavy atom. The highest BCUT2D eigenvalue weighted by Gasteiger charge is 2.33. The molecule has 8 heteroatoms. The lowest BCUT2D eigenvalue weighted by Gasteiger charge is -2.13. The molecule has 0 aliphatic heterocycles. The van der Waals surface area contributed by atoms with Crippen molar-refractivity contribution in [2.45, 2.75) is 38.6 Å². The molecule has 1 heterocycles. The molecule has 0 radical (unpaired) electrons. The summed E-state index contributed by atoms with van der Waals surface area (Å²) in [5.41, 5.74) is 0.432. The minimum Gasteiger partial charge on any atom is -0.481 e. The largest absolute Gasteiger partial charge is 0.481 e. The zero-order valence-electron chi connectivity index (χ0n) is 11.5. The van der Waals surface area contributed by atoms with Gasteiger partial charge in [-0.05, 0) is 25.7 Å². The van der Waals surface area contributed by atoms with Gasteiger partial charge in [0.25, 0.3) is 0 Å². The van der Waals surface area contributed by atoms with Crippen molar-refractivity contribution in [3.8, 4) is 0 Å². The number of anilines is 1. The van der Waals surface area contributed by atoms with Gasteiger partial charge in [-0.2, -0.15) is 5.10 Å². The molecule has 2 rings (SSSR count). The second kappa shape index (κ2) is 5.48. The van der Waals surface area contributed by atoms with E-state index in [9.17, 15) is 14.9 Å². The van der Waals surface area contributed by atoms with E-state index in [1.54, 1.807) is 7.05 Å². The second-order valence-electron chi connectivity index (χ2n) is 5.07. The smallest absolute Gasteiger partial charge is 0.333 e. The molecule has 1 aliphatic carbocycles. The van der Waals surface area contributed by atoms with Gasteiger partial charge in [0.15, 0.2) is 0 Å². The summed E-state index contributed by atoms with van der Waals surface area (Å²) in [6, 6.07) is -0.0603. The van der Waals surface area contributed by atoms with Crippen LogP contribution in [0.3, 0.4) is 0 Å². The molecule has 0 spiro atoms. The van der Waals surface area contributed by atoms with E-state index in [0.717, 1.165) is 0 Å². The van der Waals surface area contributed by atoms with Gasteiger partial charge >= 0.3 is 11.7 Å². The molecule has 1 saturated carbocycles. The summed E-state index contributed by atoms with van der Waals surface area (Å²) in [5, 5.41) is 27.4. The molecule has 1 aromatic rings. The van der Waals surface area contributed by atoms with Crippen LogP contribution in [-0.4, -0.2) is 31.8 Å². The van der Waals surface area contributed by atoms with E-state index >= 15 is 0 Å². The first-order valence-corrected chi connectivity index (χ1v) is 6.63. The lowest BCUT2D eigenvalue weighted by atomic mass is 10.1. The zero-order chi connectivity index (χ0) is 14.9. The lowest BCUT2D eigenvalue weighted by molar-refractivity contribution is -0.384. The van der Waals surface area contributed by atoms with Crippen molar-refractivity contribution in [2.24, 2.45) is 13.0 Å². The summed E-state index contributed by atoms with van der Waals surface area (Å²) in [7, 11) is 1.65. The van der Waals surface area contributed by atoms with E-state index in [0.29, 0.717) is 37.2 Å². The van der Waals surface area contributed by atoms with Crippen molar-refractivity contribution >= 4 is 17.5 Å². The summed E-state index contributed by atoms with van der Waals surface area (Å²) < 4.78 is 1.46. The van der Waals surface area contributed by atoms with Gasteiger partial charge in [0.05, 0.1) is 10.8 Å². The van der Waals surface area contributed by atoms with Crippen LogP contribution in [0.5, 0.6) is 0 Å². The van der Waals surface area contributed by atoms with Crippen LogP contribution in [0, 0.1) is 16.0 Å². The van der Waals surface area contributed by atoms with Crippen molar-refractivity contribution in [1.29, 1.82) is 0 Å². The quantitative estimate of drug-likeness (QED) is 0.626. The summed E-state index contributed by atoms with van der Waals surface area (Å²) in [5.74, 6) is -0.809. The van der Waals surface area contributed by atoms with Gasteiger partial charge in [0, 0.05) is 13.1 Å². The maximum Gasteiger partial charge on any atom is 0.333 e. The molecule has 2 atom stereocenters. The third-order valence-electron chi connectivity index (χ3n) is 3.73. The van der Waals surface area contributed by atoms with E-state index in [2.05, 4.69) is 10.4 Å². The van der Waals surface area contributed by atoms with Gasteiger partial charge < -0.3 is 10.4 Å². The number of hydrogen-bond donors (Lipinski definition) is 2. The molecule has 0 aromatic carbocycles. The second-order valence-corrected chi connectivity index (χ2v) is 5.07. The fourth-order valence-corrected chi connectivity index (χ4v) is 2.69. The maximum atomic E-state index is 11.2. The first kappa shape index (κ1) is 14.3. The van der Waals surface area contributed by atoms with Crippen LogP contribution in [0.15, 0.2) is 0 Å². The number of nitrogens with one attached hydrogen (secondary N) is 1. The molecule has 1 aromatic heterocycles. The Kier molecular flexibility index (Phi) is 3.91. The van der Waals surface area contributed by atoms with Crippen LogP contribution >= 0.6 is 0 Å². The minimum absolute atomic E-state index is 0.00576. The highest BCUT2D eigenvalue weighted by Crippen LogP contribution is 2.33. The molecule has 0 bridgehead atoms. The minimum atomic E-state index is -0.803. The van der Waals surface area contributed by atoms with Crippen LogP contribution in [0.25, 0.3) is 0 Å². The number of aliphatic carboxylic acids is 1. The molecule has 1 aliphatic rings. The van der Waals surface area contributed by atoms with Gasteiger partial charge in [-0.3, -0.25) is 14.9 Å². The number of aryl methyl sites for hydroxylation is 2. The Balaban J connectivity index is 2.20. The summed E-state index contributed by atoms with van der Waals surface area (Å²) in [6.45, 7) is 1.81. The summed E-state index contributed by atoms with van der Waals surface area (Å²) in [6.07, 6.45) is 2.26. The molecule has 110 valence electrons. The molecular formula is C12H18N4O4. The van der Waals surface area contributed by atoms with Crippen molar-refractivity contribution in [3.63, 3.8) is 0 Å². The fraction of sp³-hybridized carbons (Fsp3) is 0.667. The Morgan fingerprint density at radius 2 is 2.30 bits per heavy atom. The van der Waals surface area contributed by atoms with Crippen LogP contribution in [0.2, 0.25) is 0 Å². The average molecular weight is 282 g/mol. The molecular weight excluding hydrogens is 264 g/mol. The molecule has 8 nitrogen and oxygen atoms in total. The van der Waals surface area contributed by atoms with Crippen molar-refractivity contribution < 1.29 is 14.8 Å². The number of rotatable bonds is 5. The van der Waals surface area contributed by atoms with Gasteiger partial charge in [0.1, 0.15) is 5.69 Å². The van der Waals surface area contributed by atoms with Crippen molar-refractivity contribution in [1.82, 2.24) is 9.78 Å². The number of carboxylic acid groups (broad SMARTS) is 1. The van der Waals surface area contributed by atoms with Gasteiger partial charge in [-0.15, -0.1) is 0 Å². The van der Waals surface area contributed by atoms with Crippen LogP contribution in [-0.2, 0) is 18.3 Å². The fourth-order valence-electron chi connectivity index (χ4n) is 2.69. The maximum absolute atomic E-state index is 11.2. The molecule has 0 saturated heterocycles.